The van der Waals surface area contributed by atoms with Crippen molar-refractivity contribution in [3.8, 4) is 0 Å². The molecule has 1 aromatic heterocycles. The smallest absolute Gasteiger partial charge is 0.227 e. The standard InChI is InChI=1S/C4H4N4S2/c1-5-7-4(10-1)8-3-9-2-6-8/h1-2H,3H2. The molecule has 0 amide bonds. The SMILES string of the molecule is C1=NN(c2nncs2)CS1. The minimum absolute atomic E-state index is 0.856. The molecule has 0 atom stereocenters. The van der Waals surface area contributed by atoms with E-state index in [2.05, 4.69) is 15.3 Å². The predicted octanol–water partition coefficient (Wildman–Crippen LogP) is 0.992. The first-order valence-corrected chi connectivity index (χ1v) is 4.57. The van der Waals surface area contributed by atoms with Gasteiger partial charge in [-0.1, -0.05) is 23.1 Å². The van der Waals surface area contributed by atoms with Gasteiger partial charge in [-0.15, -0.1) is 10.2 Å². The summed E-state index contributed by atoms with van der Waals surface area (Å²) in [5, 5.41) is 14.3. The summed E-state index contributed by atoms with van der Waals surface area (Å²) >= 11 is 3.15. The molecule has 0 unspecified atom stereocenters. The van der Waals surface area contributed by atoms with Crippen molar-refractivity contribution in [2.45, 2.75) is 0 Å². The lowest BCUT2D eigenvalue weighted by Crippen LogP contribution is -2.09. The molecule has 0 bridgehead atoms. The molecule has 0 aliphatic carbocycles. The zero-order valence-corrected chi connectivity index (χ0v) is 6.60. The van der Waals surface area contributed by atoms with Crippen molar-refractivity contribution in [1.29, 1.82) is 0 Å². The Hall–Kier alpha value is -0.620. The first-order chi connectivity index (χ1) is 4.97. The summed E-state index contributed by atoms with van der Waals surface area (Å²) in [6.07, 6.45) is 0. The molecule has 10 heavy (non-hydrogen) atoms. The van der Waals surface area contributed by atoms with Crippen LogP contribution in [0.4, 0.5) is 5.13 Å². The van der Waals surface area contributed by atoms with Gasteiger partial charge >= 0.3 is 0 Å². The van der Waals surface area contributed by atoms with Crippen molar-refractivity contribution >= 4 is 33.8 Å². The maximum Gasteiger partial charge on any atom is 0.229 e. The van der Waals surface area contributed by atoms with E-state index in [0.717, 1.165) is 11.0 Å². The second-order valence-corrected chi connectivity index (χ2v) is 3.25. The number of hydrogen-bond acceptors (Lipinski definition) is 6. The molecule has 0 aromatic carbocycles. The average molecular weight is 172 g/mol. The molecule has 1 aliphatic rings. The number of aromatic nitrogens is 2. The van der Waals surface area contributed by atoms with Gasteiger partial charge in [-0.25, -0.2) is 5.01 Å². The quantitative estimate of drug-likeness (QED) is 0.633. The summed E-state index contributed by atoms with van der Waals surface area (Å²) in [5.74, 6) is 0.856. The Labute approximate surface area is 66.0 Å². The van der Waals surface area contributed by atoms with Crippen LogP contribution in [-0.4, -0.2) is 21.6 Å². The third kappa shape index (κ3) is 0.994. The lowest BCUT2D eigenvalue weighted by atomic mass is 11.1. The second-order valence-electron chi connectivity index (χ2n) is 1.64. The molecule has 2 rings (SSSR count). The average Bonchev–Trinajstić information content (AvgIpc) is 2.59. The lowest BCUT2D eigenvalue weighted by Gasteiger charge is -2.04. The van der Waals surface area contributed by atoms with Crippen molar-refractivity contribution in [3.63, 3.8) is 0 Å². The monoisotopic (exact) mass is 172 g/mol. The van der Waals surface area contributed by atoms with Crippen molar-refractivity contribution in [3.05, 3.63) is 5.51 Å². The van der Waals surface area contributed by atoms with Crippen LogP contribution in [0, 0.1) is 0 Å². The Morgan fingerprint density at radius 2 is 2.60 bits per heavy atom. The third-order valence-electron chi connectivity index (χ3n) is 1.03. The van der Waals surface area contributed by atoms with Gasteiger partial charge in [0.25, 0.3) is 0 Å². The van der Waals surface area contributed by atoms with Gasteiger partial charge in [-0.3, -0.25) is 0 Å². The molecule has 6 heteroatoms. The van der Waals surface area contributed by atoms with Crippen LogP contribution in [-0.2, 0) is 0 Å². The Morgan fingerprint density at radius 1 is 1.60 bits per heavy atom. The van der Waals surface area contributed by atoms with E-state index in [4.69, 9.17) is 0 Å². The Kier molecular flexibility index (Phi) is 1.56. The zero-order valence-electron chi connectivity index (χ0n) is 4.97. The van der Waals surface area contributed by atoms with E-state index < -0.39 is 0 Å². The fraction of sp³-hybridized carbons (Fsp3) is 0.250. The van der Waals surface area contributed by atoms with Crippen LogP contribution in [0.3, 0.4) is 0 Å². The molecule has 2 heterocycles. The van der Waals surface area contributed by atoms with Crippen molar-refractivity contribution in [2.75, 3.05) is 10.9 Å². The maximum absolute atomic E-state index is 4.06. The fourth-order valence-corrected chi connectivity index (χ4v) is 1.79. The first-order valence-electron chi connectivity index (χ1n) is 2.64. The van der Waals surface area contributed by atoms with Crippen LogP contribution in [0.1, 0.15) is 0 Å². The largest absolute Gasteiger partial charge is 0.229 e. The van der Waals surface area contributed by atoms with Gasteiger partial charge in [0.05, 0.1) is 11.4 Å². The number of rotatable bonds is 1. The van der Waals surface area contributed by atoms with Gasteiger partial charge in [0, 0.05) is 0 Å². The Balaban J connectivity index is 2.20. The molecule has 0 fully saturated rings. The van der Waals surface area contributed by atoms with Gasteiger partial charge in [0.1, 0.15) is 5.51 Å². The van der Waals surface area contributed by atoms with E-state index in [-0.39, 0.29) is 0 Å². The second kappa shape index (κ2) is 2.55. The lowest BCUT2D eigenvalue weighted by molar-refractivity contribution is 0.957. The van der Waals surface area contributed by atoms with Gasteiger partial charge in [0.15, 0.2) is 0 Å². The van der Waals surface area contributed by atoms with Crippen LogP contribution in [0.15, 0.2) is 10.6 Å². The number of anilines is 1. The summed E-state index contributed by atoms with van der Waals surface area (Å²) in [5.41, 5.74) is 3.51. The summed E-state index contributed by atoms with van der Waals surface area (Å²) in [6.45, 7) is 0. The van der Waals surface area contributed by atoms with Gasteiger partial charge in [-0.2, -0.15) is 5.10 Å². The molecular weight excluding hydrogens is 168 g/mol. The van der Waals surface area contributed by atoms with E-state index in [0.29, 0.717) is 0 Å². The highest BCUT2D eigenvalue weighted by Crippen LogP contribution is 2.21. The van der Waals surface area contributed by atoms with E-state index in [9.17, 15) is 0 Å². The van der Waals surface area contributed by atoms with E-state index in [1.54, 1.807) is 22.8 Å². The van der Waals surface area contributed by atoms with Crippen LogP contribution < -0.4 is 5.01 Å². The highest BCUT2D eigenvalue weighted by atomic mass is 32.2. The number of hydrogen-bond donors (Lipinski definition) is 0. The molecule has 52 valence electrons. The number of nitrogens with zero attached hydrogens (tertiary/aromatic N) is 4. The summed E-state index contributed by atoms with van der Waals surface area (Å²) in [6, 6.07) is 0. The summed E-state index contributed by atoms with van der Waals surface area (Å²) in [4.78, 5) is 0. The molecule has 4 nitrogen and oxygen atoms in total. The molecule has 1 aliphatic heterocycles. The van der Waals surface area contributed by atoms with Crippen molar-refractivity contribution in [1.82, 2.24) is 10.2 Å². The van der Waals surface area contributed by atoms with Gasteiger partial charge in [0.2, 0.25) is 5.13 Å². The van der Waals surface area contributed by atoms with E-state index >= 15 is 0 Å². The zero-order chi connectivity index (χ0) is 6.81. The van der Waals surface area contributed by atoms with Crippen molar-refractivity contribution < 1.29 is 0 Å². The molecular formula is C4H4N4S2. The van der Waals surface area contributed by atoms with Crippen LogP contribution in [0.2, 0.25) is 0 Å². The summed E-state index contributed by atoms with van der Waals surface area (Å²) in [7, 11) is 0. The third-order valence-corrected chi connectivity index (χ3v) is 2.37. The minimum atomic E-state index is 0.856. The highest BCUT2D eigenvalue weighted by Gasteiger charge is 2.10. The van der Waals surface area contributed by atoms with Crippen LogP contribution in [0.5, 0.6) is 0 Å². The molecule has 0 N–H and O–H groups in total. The van der Waals surface area contributed by atoms with Crippen molar-refractivity contribution in [2.24, 2.45) is 5.10 Å². The molecule has 0 saturated carbocycles. The van der Waals surface area contributed by atoms with Crippen LogP contribution >= 0.6 is 23.1 Å². The Morgan fingerprint density at radius 3 is 3.20 bits per heavy atom. The predicted molar refractivity (Wildman–Crippen MR) is 43.3 cm³/mol. The van der Waals surface area contributed by atoms with E-state index in [1.807, 2.05) is 5.01 Å². The van der Waals surface area contributed by atoms with Crippen LogP contribution in [0.25, 0.3) is 0 Å². The van der Waals surface area contributed by atoms with E-state index in [1.165, 1.54) is 11.3 Å². The fourth-order valence-electron chi connectivity index (χ4n) is 0.612. The molecule has 0 spiro atoms. The topological polar surface area (TPSA) is 41.4 Å². The number of thioether (sulfide) groups is 1. The molecule has 0 radical (unpaired) electrons. The maximum atomic E-state index is 4.06. The minimum Gasteiger partial charge on any atom is -0.227 e. The van der Waals surface area contributed by atoms with Gasteiger partial charge in [-0.05, 0) is 0 Å². The Bertz CT molecular complexity index is 231. The summed E-state index contributed by atoms with van der Waals surface area (Å²) < 4.78 is 0. The van der Waals surface area contributed by atoms with Gasteiger partial charge < -0.3 is 0 Å². The number of hydrazone groups is 1. The molecule has 0 saturated heterocycles. The highest BCUT2D eigenvalue weighted by molar-refractivity contribution is 8.12. The normalized spacial score (nSPS) is 16.6. The first kappa shape index (κ1) is 6.11. The molecule has 1 aromatic rings.